The predicted molar refractivity (Wildman–Crippen MR) is 606 cm³/mol. The maximum Gasteiger partial charge on any atom is 0.211 e. The fourth-order valence-corrected chi connectivity index (χ4v) is 23.2. The molecule has 686 valence electrons. The van der Waals surface area contributed by atoms with Crippen LogP contribution in [0.1, 0.15) is 5.56 Å². The quantitative estimate of drug-likeness (QED) is 0.134. The van der Waals surface area contributed by atoms with Gasteiger partial charge < -0.3 is 40.7 Å². The topological polar surface area (TPSA) is 119 Å². The Morgan fingerprint density at radius 3 is 1.16 bits per heavy atom. The van der Waals surface area contributed by atoms with Crippen LogP contribution in [0.2, 0.25) is 0 Å². The molecule has 0 radical (unpaired) electrons. The zero-order chi connectivity index (χ0) is 99.5. The molecule has 0 aliphatic carbocycles. The van der Waals surface area contributed by atoms with Gasteiger partial charge in [-0.25, -0.2) is 29.1 Å². The molecule has 16 nitrogen and oxygen atoms in total. The van der Waals surface area contributed by atoms with Crippen LogP contribution in [0.4, 0.5) is 34.1 Å². The highest BCUT2D eigenvalue weighted by Crippen LogP contribution is 2.52. The van der Waals surface area contributed by atoms with E-state index in [0.29, 0.717) is 39.7 Å². The second-order valence-corrected chi connectivity index (χ2v) is 37.2. The molecule has 30 rings (SSSR count). The van der Waals surface area contributed by atoms with Crippen molar-refractivity contribution in [2.75, 3.05) is 0 Å². The Labute approximate surface area is 849 Å². The van der Waals surface area contributed by atoms with Crippen molar-refractivity contribution in [3.05, 3.63) is 505 Å². The molecule has 21 aromatic carbocycles. The summed E-state index contributed by atoms with van der Waals surface area (Å²) in [5.41, 5.74) is 32.3. The average molecular weight is 1900 g/mol. The third-order valence-electron chi connectivity index (χ3n) is 29.4. The summed E-state index contributed by atoms with van der Waals surface area (Å²) in [4.78, 5) is 23.1. The molecule has 9 aromatic heterocycles. The largest absolute Gasteiger partial charge is 0.456 e. The van der Waals surface area contributed by atoms with Crippen molar-refractivity contribution in [2.45, 2.75) is 0 Å². The summed E-state index contributed by atoms with van der Waals surface area (Å²) >= 11 is 0. The number of nitriles is 1. The van der Waals surface area contributed by atoms with Crippen molar-refractivity contribution in [2.24, 2.45) is 0 Å². The Hall–Kier alpha value is -21.7. The number of benzene rings is 21. The van der Waals surface area contributed by atoms with E-state index in [1.54, 1.807) is 6.07 Å². The van der Waals surface area contributed by atoms with Crippen molar-refractivity contribution >= 4 is 231 Å². The lowest BCUT2D eigenvalue weighted by Crippen LogP contribution is -2.02. The van der Waals surface area contributed by atoms with E-state index in [1.807, 2.05) is 176 Å². The number of para-hydroxylation sites is 12. The molecular formula is C133H71N13O3. The lowest BCUT2D eigenvalue weighted by Gasteiger charge is -2.20. The lowest BCUT2D eigenvalue weighted by molar-refractivity contribution is 0.669. The molecule has 0 bridgehead atoms. The molecule has 0 N–H and O–H groups in total. The van der Waals surface area contributed by atoms with Gasteiger partial charge in [0, 0.05) is 87.1 Å². The van der Waals surface area contributed by atoms with Crippen molar-refractivity contribution < 1.29 is 13.3 Å². The van der Waals surface area contributed by atoms with E-state index in [-0.39, 0.29) is 0 Å². The van der Waals surface area contributed by atoms with E-state index in [2.05, 4.69) is 311 Å². The van der Waals surface area contributed by atoms with Crippen molar-refractivity contribution in [1.29, 1.82) is 5.26 Å². The minimum absolute atomic E-state index is 0.491. The average Bonchev–Trinajstić information content (AvgIpc) is 1.56. The molecule has 16 heteroatoms. The van der Waals surface area contributed by atoms with Gasteiger partial charge in [0.15, 0.2) is 22.7 Å². The molecular weight excluding hydrogens is 1830 g/mol. The van der Waals surface area contributed by atoms with Gasteiger partial charge in [0.25, 0.3) is 0 Å². The van der Waals surface area contributed by atoms with Crippen LogP contribution in [0.3, 0.4) is 0 Å². The monoisotopic (exact) mass is 1900 g/mol. The van der Waals surface area contributed by atoms with Crippen LogP contribution in [0.5, 0.6) is 0 Å². The van der Waals surface area contributed by atoms with Crippen molar-refractivity contribution in [1.82, 2.24) is 27.4 Å². The molecule has 0 saturated heterocycles. The Kier molecular flexibility index (Phi) is 19.3. The van der Waals surface area contributed by atoms with Crippen LogP contribution in [-0.2, 0) is 0 Å². The minimum Gasteiger partial charge on any atom is -0.456 e. The molecule has 149 heavy (non-hydrogen) atoms. The molecule has 9 heterocycles. The van der Waals surface area contributed by atoms with Crippen molar-refractivity contribution in [3.8, 4) is 73.6 Å². The van der Waals surface area contributed by atoms with E-state index in [9.17, 15) is 5.26 Å². The molecule has 0 atom stereocenters. The standard InChI is InChI=1S/C45H23N5O.2C44H24N4O/c1-47-28-19-22-40-35(25-28)34-24-27(26-46)18-21-39(34)49(40)44-31(13-9-14-36(44)48-2)29-10-3-6-15-37(29)50-38-16-7-4-11-30(38)32-20-23-42-43(45(32)50)33-12-5-8-17-41(33)51-42;1-45-28-19-21-40-36(26-28)32-12-4-8-16-38(32)47(40)30-24-27(23-29(25-30)46-2)31-11-3-7-15-37(31)48-39-17-9-5-14-35(39)43-41(48)22-20-34-33-13-6-10-18-42(33)49-44(34)43;1-45-28-21-23-39-35(26-28)31-13-3-6-18-37(31)48(39)43-30(16-10-17-36(43)46-2)27-11-9-12-29(25-27)47-38-19-7-4-15-34(38)42-40(47)24-22-33-32-14-5-8-20-41(32)49-44(33)42/h3-25H;2*3-26H. The second kappa shape index (κ2) is 33.7. The molecule has 0 amide bonds. The Balaban J connectivity index is 0.000000108. The van der Waals surface area contributed by atoms with E-state index in [4.69, 9.17) is 52.7 Å². The summed E-state index contributed by atoms with van der Waals surface area (Å²) in [6.45, 7) is 47.6. The fraction of sp³-hybridized carbons (Fsp3) is 0. The van der Waals surface area contributed by atoms with E-state index in [0.717, 1.165) is 264 Å². The molecule has 0 saturated carbocycles. The fourth-order valence-electron chi connectivity index (χ4n) is 23.2. The maximum atomic E-state index is 9.80. The first-order valence-corrected chi connectivity index (χ1v) is 48.7. The molecule has 0 fully saturated rings. The minimum atomic E-state index is 0.491. The number of furan rings is 3. The summed E-state index contributed by atoms with van der Waals surface area (Å²) in [6.07, 6.45) is 0. The van der Waals surface area contributed by atoms with E-state index < -0.39 is 0 Å². The van der Waals surface area contributed by atoms with Gasteiger partial charge in [0.2, 0.25) is 11.4 Å². The van der Waals surface area contributed by atoms with Crippen molar-refractivity contribution in [3.63, 3.8) is 0 Å². The van der Waals surface area contributed by atoms with Gasteiger partial charge in [0.1, 0.15) is 33.5 Å². The molecule has 0 unspecified atom stereocenters. The molecule has 0 spiro atoms. The first-order chi connectivity index (χ1) is 73.6. The zero-order valence-corrected chi connectivity index (χ0v) is 79.0. The highest BCUT2D eigenvalue weighted by molar-refractivity contribution is 6.28. The highest BCUT2D eigenvalue weighted by Gasteiger charge is 2.30. The molecule has 0 aliphatic heterocycles. The second-order valence-electron chi connectivity index (χ2n) is 37.2. The first kappa shape index (κ1) is 85.2. The highest BCUT2D eigenvalue weighted by atomic mass is 16.3. The summed E-state index contributed by atoms with van der Waals surface area (Å²) in [6, 6.07) is 148. The van der Waals surface area contributed by atoms with Gasteiger partial charge in [-0.1, -0.05) is 249 Å². The summed E-state index contributed by atoms with van der Waals surface area (Å²) in [5.74, 6) is 0. The SMILES string of the molecule is [C-]#[N+]c1cc(-c2ccccc2-n2c3ccccc3c3c4oc5ccccc5c4ccc32)cc(-n2c3ccccc3c3cc([N+]#[C-])ccc32)c1.[C-]#[N+]c1ccc2c(c1)c1cc(C#N)ccc1n2-c1c([N+]#[C-])cccc1-c1ccccc1-n1c2ccccc2c2ccc3oc4ccccc4c3c21.[C-]#[N+]c1ccc2c(c1)c1ccccc1n2-c1c([N+]#[C-])cccc1-c1cccc(-n2c3ccccc3c3c4oc5ccccc5c4ccc32)c1. The van der Waals surface area contributed by atoms with E-state index >= 15 is 0 Å². The zero-order valence-electron chi connectivity index (χ0n) is 79.0. The third kappa shape index (κ3) is 13.0. The Bertz CT molecular complexity index is 11400. The number of aromatic nitrogens is 6. The third-order valence-corrected chi connectivity index (χ3v) is 29.4. The number of fused-ring (bicyclic) bond motifs is 30. The smallest absolute Gasteiger partial charge is 0.211 e. The number of hydrogen-bond acceptors (Lipinski definition) is 4. The van der Waals surface area contributed by atoms with Crippen LogP contribution < -0.4 is 0 Å². The van der Waals surface area contributed by atoms with Gasteiger partial charge in [0.05, 0.1) is 156 Å². The predicted octanol–water partition coefficient (Wildman–Crippen LogP) is 37.5. The molecule has 0 aliphatic rings. The molecule has 30 aromatic rings. The number of hydrogen-bond donors (Lipinski definition) is 0. The van der Waals surface area contributed by atoms with Gasteiger partial charge in [-0.2, -0.15) is 5.26 Å². The van der Waals surface area contributed by atoms with Crippen LogP contribution in [0, 0.1) is 50.8 Å². The Morgan fingerprint density at radius 1 is 0.208 bits per heavy atom. The normalized spacial score (nSPS) is 11.6. The van der Waals surface area contributed by atoms with Gasteiger partial charge in [-0.05, 0) is 220 Å². The summed E-state index contributed by atoms with van der Waals surface area (Å²) in [7, 11) is 0. The Morgan fingerprint density at radius 2 is 0.597 bits per heavy atom. The van der Waals surface area contributed by atoms with Gasteiger partial charge >= 0.3 is 0 Å². The van der Waals surface area contributed by atoms with Crippen LogP contribution in [0.25, 0.3) is 293 Å². The van der Waals surface area contributed by atoms with Gasteiger partial charge in [-0.3, -0.25) is 0 Å². The summed E-state index contributed by atoms with van der Waals surface area (Å²) < 4.78 is 32.9. The first-order valence-electron chi connectivity index (χ1n) is 48.7. The lowest BCUT2D eigenvalue weighted by atomic mass is 9.99. The summed E-state index contributed by atoms with van der Waals surface area (Å²) in [5, 5.41) is 28.8. The van der Waals surface area contributed by atoms with Gasteiger partial charge in [-0.15, -0.1) is 0 Å². The number of rotatable bonds is 9. The van der Waals surface area contributed by atoms with Crippen LogP contribution in [0.15, 0.2) is 444 Å². The number of nitrogens with zero attached hydrogens (tertiary/aromatic N) is 13. The van der Waals surface area contributed by atoms with Crippen LogP contribution >= 0.6 is 0 Å². The maximum absolute atomic E-state index is 9.80. The van der Waals surface area contributed by atoms with E-state index in [1.165, 1.54) is 0 Å². The van der Waals surface area contributed by atoms with Crippen LogP contribution in [-0.4, -0.2) is 27.4 Å².